The summed E-state index contributed by atoms with van der Waals surface area (Å²) in [5.41, 5.74) is 1.24. The zero-order valence-electron chi connectivity index (χ0n) is 19.5. The van der Waals surface area contributed by atoms with Gasteiger partial charge >= 0.3 is 18.1 Å². The summed E-state index contributed by atoms with van der Waals surface area (Å²) < 4.78 is 51.7. The SMILES string of the molecule is Cn1c(=O)n(Cc2cncs2)c(=O)c2c1nc(Oc1cccc(OC(F)(F)F)c1)n2Cc1ccc(Cl)cc1. The van der Waals surface area contributed by atoms with E-state index in [0.717, 1.165) is 22.3 Å². The van der Waals surface area contributed by atoms with E-state index in [1.54, 1.807) is 36.0 Å². The molecule has 0 aliphatic rings. The van der Waals surface area contributed by atoms with E-state index in [1.165, 1.54) is 39.7 Å². The zero-order valence-corrected chi connectivity index (χ0v) is 21.0. The Morgan fingerprint density at radius 2 is 1.76 bits per heavy atom. The van der Waals surface area contributed by atoms with Crippen molar-refractivity contribution in [2.45, 2.75) is 19.5 Å². The number of hydrogen-bond acceptors (Lipinski definition) is 7. The summed E-state index contributed by atoms with van der Waals surface area (Å²) in [6.07, 6.45) is -3.32. The predicted octanol–water partition coefficient (Wildman–Crippen LogP) is 4.79. The van der Waals surface area contributed by atoms with Crippen molar-refractivity contribution in [3.8, 4) is 17.5 Å². The predicted molar refractivity (Wildman–Crippen MR) is 134 cm³/mol. The number of halogens is 4. The number of aromatic nitrogens is 5. The van der Waals surface area contributed by atoms with E-state index in [1.807, 2.05) is 0 Å². The zero-order chi connectivity index (χ0) is 27.0. The highest BCUT2D eigenvalue weighted by atomic mass is 35.5. The summed E-state index contributed by atoms with van der Waals surface area (Å²) in [6, 6.07) is 11.6. The first-order valence-electron chi connectivity index (χ1n) is 10.9. The minimum Gasteiger partial charge on any atom is -0.425 e. The minimum atomic E-state index is -4.89. The molecular weight excluding hydrogens is 547 g/mol. The van der Waals surface area contributed by atoms with Gasteiger partial charge in [-0.05, 0) is 29.8 Å². The van der Waals surface area contributed by atoms with Gasteiger partial charge in [0.25, 0.3) is 5.56 Å². The van der Waals surface area contributed by atoms with Gasteiger partial charge in [0.2, 0.25) is 0 Å². The molecule has 0 spiro atoms. The standard InChI is InChI=1S/C24H17ClF3N5O4S/c1-31-20-19(21(34)33(23(31)35)12-18-10-29-13-38-18)32(11-14-5-7-15(25)8-6-14)22(30-20)36-16-3-2-4-17(9-16)37-24(26,27)28/h2-10,13H,11-12H2,1H3. The molecular formula is C24H17ClF3N5O4S. The van der Waals surface area contributed by atoms with Crippen LogP contribution in [-0.2, 0) is 20.1 Å². The molecule has 14 heteroatoms. The van der Waals surface area contributed by atoms with E-state index in [2.05, 4.69) is 14.7 Å². The van der Waals surface area contributed by atoms with Crippen molar-refractivity contribution in [1.29, 1.82) is 0 Å². The molecule has 0 bridgehead atoms. The molecule has 0 atom stereocenters. The molecule has 196 valence electrons. The summed E-state index contributed by atoms with van der Waals surface area (Å²) in [5.74, 6) is -0.510. The fraction of sp³-hybridized carbons (Fsp3) is 0.167. The van der Waals surface area contributed by atoms with Crippen LogP contribution in [0.1, 0.15) is 10.4 Å². The second-order valence-electron chi connectivity index (χ2n) is 8.10. The lowest BCUT2D eigenvalue weighted by Crippen LogP contribution is -2.39. The number of fused-ring (bicyclic) bond motifs is 1. The van der Waals surface area contributed by atoms with Crippen LogP contribution < -0.4 is 20.7 Å². The van der Waals surface area contributed by atoms with Crippen molar-refractivity contribution in [3.63, 3.8) is 0 Å². The molecule has 3 aromatic heterocycles. The molecule has 0 saturated heterocycles. The average Bonchev–Trinajstić information content (AvgIpc) is 3.49. The van der Waals surface area contributed by atoms with Crippen LogP contribution in [0.4, 0.5) is 13.2 Å². The normalized spacial score (nSPS) is 11.7. The number of rotatable bonds is 7. The fourth-order valence-electron chi connectivity index (χ4n) is 3.80. The number of imidazole rings is 1. The first-order chi connectivity index (χ1) is 18.1. The van der Waals surface area contributed by atoms with Crippen molar-refractivity contribution in [1.82, 2.24) is 23.7 Å². The molecule has 0 aliphatic carbocycles. The summed E-state index contributed by atoms with van der Waals surface area (Å²) >= 11 is 7.30. The van der Waals surface area contributed by atoms with Crippen LogP contribution in [0.5, 0.6) is 17.5 Å². The molecule has 0 saturated carbocycles. The Morgan fingerprint density at radius 1 is 1.03 bits per heavy atom. The third kappa shape index (κ3) is 5.29. The van der Waals surface area contributed by atoms with E-state index in [0.29, 0.717) is 9.90 Å². The summed E-state index contributed by atoms with van der Waals surface area (Å²) in [4.78, 5) is 35.7. The first-order valence-corrected chi connectivity index (χ1v) is 12.2. The Kier molecular flexibility index (Phi) is 6.71. The number of thiazole rings is 1. The summed E-state index contributed by atoms with van der Waals surface area (Å²) in [5, 5.41) is 0.511. The quantitative estimate of drug-likeness (QED) is 0.283. The lowest BCUT2D eigenvalue weighted by Gasteiger charge is -2.12. The lowest BCUT2D eigenvalue weighted by molar-refractivity contribution is -0.274. The fourth-order valence-corrected chi connectivity index (χ4v) is 4.51. The van der Waals surface area contributed by atoms with Crippen LogP contribution in [0, 0.1) is 0 Å². The van der Waals surface area contributed by atoms with Gasteiger partial charge in [-0.3, -0.25) is 23.5 Å². The van der Waals surface area contributed by atoms with Gasteiger partial charge in [0.05, 0.1) is 18.6 Å². The molecule has 0 unspecified atom stereocenters. The van der Waals surface area contributed by atoms with Gasteiger partial charge < -0.3 is 9.47 Å². The highest BCUT2D eigenvalue weighted by Crippen LogP contribution is 2.30. The van der Waals surface area contributed by atoms with E-state index < -0.39 is 23.4 Å². The van der Waals surface area contributed by atoms with Crippen molar-refractivity contribution < 1.29 is 22.6 Å². The number of alkyl halides is 3. The van der Waals surface area contributed by atoms with Crippen LogP contribution in [0.25, 0.3) is 11.2 Å². The van der Waals surface area contributed by atoms with Crippen molar-refractivity contribution >= 4 is 34.1 Å². The van der Waals surface area contributed by atoms with Gasteiger partial charge in [-0.2, -0.15) is 4.98 Å². The molecule has 3 heterocycles. The average molecular weight is 564 g/mol. The first kappa shape index (κ1) is 25.5. The molecule has 38 heavy (non-hydrogen) atoms. The summed E-state index contributed by atoms with van der Waals surface area (Å²) in [6.45, 7) is 0.0982. The molecule has 2 aromatic carbocycles. The highest BCUT2D eigenvalue weighted by Gasteiger charge is 2.31. The maximum atomic E-state index is 13.6. The minimum absolute atomic E-state index is 0.00521. The van der Waals surface area contributed by atoms with Crippen LogP contribution in [-0.4, -0.2) is 30.0 Å². The highest BCUT2D eigenvalue weighted by molar-refractivity contribution is 7.09. The van der Waals surface area contributed by atoms with E-state index in [-0.39, 0.29) is 36.0 Å². The number of benzene rings is 2. The van der Waals surface area contributed by atoms with Gasteiger partial charge in [-0.1, -0.05) is 29.8 Å². The molecule has 0 radical (unpaired) electrons. The number of hydrogen-bond donors (Lipinski definition) is 0. The van der Waals surface area contributed by atoms with Crippen molar-refractivity contribution in [3.05, 3.63) is 96.5 Å². The van der Waals surface area contributed by atoms with Crippen molar-refractivity contribution in [2.75, 3.05) is 0 Å². The Labute approximate surface area is 220 Å². The number of aryl methyl sites for hydroxylation is 1. The third-order valence-electron chi connectivity index (χ3n) is 5.50. The molecule has 0 aliphatic heterocycles. The molecule has 5 rings (SSSR count). The van der Waals surface area contributed by atoms with Crippen LogP contribution in [0.2, 0.25) is 5.02 Å². The van der Waals surface area contributed by atoms with E-state index >= 15 is 0 Å². The topological polar surface area (TPSA) is 93.2 Å². The summed E-state index contributed by atoms with van der Waals surface area (Å²) in [7, 11) is 1.47. The third-order valence-corrected chi connectivity index (χ3v) is 6.51. The van der Waals surface area contributed by atoms with Gasteiger partial charge in [0, 0.05) is 29.2 Å². The van der Waals surface area contributed by atoms with Gasteiger partial charge in [-0.25, -0.2) is 4.79 Å². The molecule has 0 fully saturated rings. The molecule has 0 amide bonds. The second kappa shape index (κ2) is 9.99. The van der Waals surface area contributed by atoms with Crippen molar-refractivity contribution in [2.24, 2.45) is 7.05 Å². The Bertz CT molecular complexity index is 1730. The van der Waals surface area contributed by atoms with Gasteiger partial charge in [-0.15, -0.1) is 24.5 Å². The van der Waals surface area contributed by atoms with Crippen LogP contribution in [0.3, 0.4) is 0 Å². The second-order valence-corrected chi connectivity index (χ2v) is 9.51. The maximum Gasteiger partial charge on any atom is 0.573 e. The lowest BCUT2D eigenvalue weighted by atomic mass is 10.2. The van der Waals surface area contributed by atoms with Crippen LogP contribution >= 0.6 is 22.9 Å². The van der Waals surface area contributed by atoms with E-state index in [9.17, 15) is 22.8 Å². The van der Waals surface area contributed by atoms with Gasteiger partial charge in [0.15, 0.2) is 11.2 Å². The largest absolute Gasteiger partial charge is 0.573 e. The van der Waals surface area contributed by atoms with Gasteiger partial charge in [0.1, 0.15) is 11.5 Å². The molecule has 9 nitrogen and oxygen atoms in total. The number of ether oxygens (including phenoxy) is 2. The monoisotopic (exact) mass is 563 g/mol. The smallest absolute Gasteiger partial charge is 0.425 e. The Morgan fingerprint density at radius 3 is 2.45 bits per heavy atom. The van der Waals surface area contributed by atoms with E-state index in [4.69, 9.17) is 16.3 Å². The molecule has 5 aromatic rings. The molecule has 0 N–H and O–H groups in total. The number of nitrogens with zero attached hydrogens (tertiary/aromatic N) is 5. The van der Waals surface area contributed by atoms with Crippen LogP contribution in [0.15, 0.2) is 69.8 Å². The Hall–Kier alpha value is -4.10. The maximum absolute atomic E-state index is 13.6. The Balaban J connectivity index is 1.66.